The van der Waals surface area contributed by atoms with Gasteiger partial charge in [0.25, 0.3) is 0 Å². The number of benzene rings is 1. The number of hydrogen-bond donors (Lipinski definition) is 1. The SMILES string of the molecule is CSc1ccc(NC(=O)CCn2c(C)csc2=O)cc1. The number of aryl methyl sites for hydroxylation is 1. The molecule has 106 valence electrons. The topological polar surface area (TPSA) is 51.1 Å². The minimum atomic E-state index is -0.0839. The Balaban J connectivity index is 1.91. The summed E-state index contributed by atoms with van der Waals surface area (Å²) in [5.41, 5.74) is 1.68. The maximum absolute atomic E-state index is 11.9. The van der Waals surface area contributed by atoms with E-state index in [1.165, 1.54) is 0 Å². The van der Waals surface area contributed by atoms with Gasteiger partial charge in [-0.1, -0.05) is 11.3 Å². The molecule has 0 saturated heterocycles. The lowest BCUT2D eigenvalue weighted by atomic mass is 10.3. The van der Waals surface area contributed by atoms with Crippen molar-refractivity contribution in [2.45, 2.75) is 24.8 Å². The van der Waals surface area contributed by atoms with Crippen molar-refractivity contribution in [2.24, 2.45) is 0 Å². The fourth-order valence-corrected chi connectivity index (χ4v) is 2.96. The van der Waals surface area contributed by atoms with Crippen molar-refractivity contribution in [2.75, 3.05) is 11.6 Å². The van der Waals surface area contributed by atoms with Crippen molar-refractivity contribution in [3.63, 3.8) is 0 Å². The smallest absolute Gasteiger partial charge is 0.307 e. The Hall–Kier alpha value is -1.53. The molecule has 0 radical (unpaired) electrons. The van der Waals surface area contributed by atoms with E-state index in [0.717, 1.165) is 27.6 Å². The number of aromatic nitrogens is 1. The van der Waals surface area contributed by atoms with Crippen LogP contribution in [0.2, 0.25) is 0 Å². The van der Waals surface area contributed by atoms with Gasteiger partial charge in [0.15, 0.2) is 0 Å². The zero-order chi connectivity index (χ0) is 14.5. The van der Waals surface area contributed by atoms with Crippen LogP contribution in [0.15, 0.2) is 39.3 Å². The van der Waals surface area contributed by atoms with Gasteiger partial charge in [-0.15, -0.1) is 11.8 Å². The molecule has 2 rings (SSSR count). The summed E-state index contributed by atoms with van der Waals surface area (Å²) in [6, 6.07) is 7.69. The average molecular weight is 308 g/mol. The minimum Gasteiger partial charge on any atom is -0.326 e. The van der Waals surface area contributed by atoms with E-state index < -0.39 is 0 Å². The van der Waals surface area contributed by atoms with Crippen LogP contribution in [-0.4, -0.2) is 16.7 Å². The Labute approximate surface area is 125 Å². The third kappa shape index (κ3) is 3.74. The highest BCUT2D eigenvalue weighted by molar-refractivity contribution is 7.98. The Morgan fingerprint density at radius 2 is 2.05 bits per heavy atom. The molecule has 1 aromatic heterocycles. The highest BCUT2D eigenvalue weighted by Crippen LogP contribution is 2.17. The highest BCUT2D eigenvalue weighted by atomic mass is 32.2. The molecule has 1 aromatic carbocycles. The Morgan fingerprint density at radius 3 is 2.60 bits per heavy atom. The summed E-state index contributed by atoms with van der Waals surface area (Å²) in [6.07, 6.45) is 2.30. The molecule has 0 unspecified atom stereocenters. The van der Waals surface area contributed by atoms with E-state index in [1.54, 1.807) is 21.7 Å². The third-order valence-electron chi connectivity index (χ3n) is 2.91. The monoisotopic (exact) mass is 308 g/mol. The van der Waals surface area contributed by atoms with Crippen LogP contribution in [0.3, 0.4) is 0 Å². The lowest BCUT2D eigenvalue weighted by molar-refractivity contribution is -0.116. The van der Waals surface area contributed by atoms with E-state index in [0.29, 0.717) is 13.0 Å². The maximum Gasteiger partial charge on any atom is 0.307 e. The van der Waals surface area contributed by atoms with Crippen molar-refractivity contribution >= 4 is 34.7 Å². The third-order valence-corrected chi connectivity index (χ3v) is 4.54. The molecule has 0 spiro atoms. The predicted molar refractivity (Wildman–Crippen MR) is 84.8 cm³/mol. The summed E-state index contributed by atoms with van der Waals surface area (Å²) in [4.78, 5) is 24.5. The van der Waals surface area contributed by atoms with Crippen LogP contribution < -0.4 is 10.2 Å². The molecule has 1 heterocycles. The van der Waals surface area contributed by atoms with Crippen LogP contribution in [-0.2, 0) is 11.3 Å². The molecule has 0 saturated carbocycles. The number of anilines is 1. The van der Waals surface area contributed by atoms with Gasteiger partial charge in [0, 0.05) is 34.6 Å². The molecule has 0 aliphatic carbocycles. The highest BCUT2D eigenvalue weighted by Gasteiger charge is 2.06. The summed E-state index contributed by atoms with van der Waals surface area (Å²) in [7, 11) is 0. The number of carbonyl (C=O) groups is 1. The van der Waals surface area contributed by atoms with Crippen molar-refractivity contribution < 1.29 is 4.79 Å². The zero-order valence-electron chi connectivity index (χ0n) is 11.4. The molecule has 1 N–H and O–H groups in total. The van der Waals surface area contributed by atoms with E-state index in [2.05, 4.69) is 5.32 Å². The molecule has 0 bridgehead atoms. The van der Waals surface area contributed by atoms with Crippen LogP contribution in [0, 0.1) is 6.92 Å². The second-order valence-corrected chi connectivity index (χ2v) is 6.02. The van der Waals surface area contributed by atoms with Crippen LogP contribution in [0.1, 0.15) is 12.1 Å². The second kappa shape index (κ2) is 6.76. The lowest BCUT2D eigenvalue weighted by Crippen LogP contribution is -2.20. The van der Waals surface area contributed by atoms with E-state index >= 15 is 0 Å². The van der Waals surface area contributed by atoms with Crippen molar-refractivity contribution in [3.8, 4) is 0 Å². The van der Waals surface area contributed by atoms with E-state index in [9.17, 15) is 9.59 Å². The quantitative estimate of drug-likeness (QED) is 0.864. The summed E-state index contributed by atoms with van der Waals surface area (Å²) in [5, 5.41) is 4.64. The van der Waals surface area contributed by atoms with Crippen LogP contribution >= 0.6 is 23.1 Å². The molecular weight excluding hydrogens is 292 g/mol. The summed E-state index contributed by atoms with van der Waals surface area (Å²) in [6.45, 7) is 2.29. The van der Waals surface area contributed by atoms with E-state index in [1.807, 2.05) is 37.4 Å². The Morgan fingerprint density at radius 1 is 1.35 bits per heavy atom. The summed E-state index contributed by atoms with van der Waals surface area (Å²) in [5.74, 6) is -0.0839. The fraction of sp³-hybridized carbons (Fsp3) is 0.286. The number of nitrogens with zero attached hydrogens (tertiary/aromatic N) is 1. The molecule has 6 heteroatoms. The minimum absolute atomic E-state index is 0.0142. The number of rotatable bonds is 5. The van der Waals surface area contributed by atoms with E-state index in [-0.39, 0.29) is 10.8 Å². The Bertz CT molecular complexity index is 644. The molecule has 1 amide bonds. The van der Waals surface area contributed by atoms with Gasteiger partial charge in [-0.25, -0.2) is 0 Å². The number of hydrogen-bond acceptors (Lipinski definition) is 4. The number of nitrogens with one attached hydrogen (secondary N) is 1. The zero-order valence-corrected chi connectivity index (χ0v) is 13.0. The maximum atomic E-state index is 11.9. The molecule has 20 heavy (non-hydrogen) atoms. The number of amides is 1. The average Bonchev–Trinajstić information content (AvgIpc) is 2.77. The van der Waals surface area contributed by atoms with Crippen molar-refractivity contribution in [3.05, 3.63) is 45.0 Å². The molecule has 0 aliphatic rings. The van der Waals surface area contributed by atoms with Gasteiger partial charge < -0.3 is 9.88 Å². The first-order valence-corrected chi connectivity index (χ1v) is 8.29. The molecule has 4 nitrogen and oxygen atoms in total. The molecule has 0 atom stereocenters. The molecule has 0 aliphatic heterocycles. The normalized spacial score (nSPS) is 10.5. The predicted octanol–water partition coefficient (Wildman–Crippen LogP) is 2.97. The van der Waals surface area contributed by atoms with Gasteiger partial charge in [-0.3, -0.25) is 9.59 Å². The second-order valence-electron chi connectivity index (χ2n) is 4.32. The van der Waals surface area contributed by atoms with Gasteiger partial charge in [0.2, 0.25) is 5.91 Å². The molecule has 0 fully saturated rings. The number of thioether (sulfide) groups is 1. The van der Waals surface area contributed by atoms with Gasteiger partial charge in [-0.05, 0) is 37.4 Å². The van der Waals surface area contributed by atoms with Crippen molar-refractivity contribution in [1.82, 2.24) is 4.57 Å². The van der Waals surface area contributed by atoms with Gasteiger partial charge in [0.1, 0.15) is 0 Å². The van der Waals surface area contributed by atoms with Crippen molar-refractivity contribution in [1.29, 1.82) is 0 Å². The van der Waals surface area contributed by atoms with Crippen LogP contribution in [0.5, 0.6) is 0 Å². The standard InChI is InChI=1S/C14H16N2O2S2/c1-10-9-20-14(18)16(10)8-7-13(17)15-11-3-5-12(19-2)6-4-11/h3-6,9H,7-8H2,1-2H3,(H,15,17). The fourth-order valence-electron chi connectivity index (χ4n) is 1.79. The number of thiazole rings is 1. The lowest BCUT2D eigenvalue weighted by Gasteiger charge is -2.07. The molecular formula is C14H16N2O2S2. The largest absolute Gasteiger partial charge is 0.326 e. The first kappa shape index (κ1) is 14.9. The number of carbonyl (C=O) groups excluding carboxylic acids is 1. The van der Waals surface area contributed by atoms with Gasteiger partial charge in [0.05, 0.1) is 0 Å². The van der Waals surface area contributed by atoms with Gasteiger partial charge in [-0.2, -0.15) is 0 Å². The summed E-state index contributed by atoms with van der Waals surface area (Å²) >= 11 is 2.82. The molecule has 2 aromatic rings. The van der Waals surface area contributed by atoms with E-state index in [4.69, 9.17) is 0 Å². The summed E-state index contributed by atoms with van der Waals surface area (Å²) < 4.78 is 1.63. The first-order valence-electron chi connectivity index (χ1n) is 6.19. The van der Waals surface area contributed by atoms with Crippen LogP contribution in [0.25, 0.3) is 0 Å². The van der Waals surface area contributed by atoms with Crippen LogP contribution in [0.4, 0.5) is 5.69 Å². The Kier molecular flexibility index (Phi) is 5.03. The van der Waals surface area contributed by atoms with Gasteiger partial charge >= 0.3 is 4.87 Å². The first-order chi connectivity index (χ1) is 9.60.